The number of likely N-dealkylation sites (tertiary alicyclic amines) is 1. The third-order valence-electron chi connectivity index (χ3n) is 3.37. The molecule has 1 amide bonds. The summed E-state index contributed by atoms with van der Waals surface area (Å²) in [4.78, 5) is 29.4. The van der Waals surface area contributed by atoms with Crippen LogP contribution >= 0.6 is 0 Å². The highest BCUT2D eigenvalue weighted by Crippen LogP contribution is 2.37. The summed E-state index contributed by atoms with van der Waals surface area (Å²) in [6.07, 6.45) is 4.22. The van der Waals surface area contributed by atoms with Crippen LogP contribution in [-0.4, -0.2) is 28.6 Å². The zero-order valence-electron chi connectivity index (χ0n) is 10.1. The Morgan fingerprint density at radius 3 is 2.94 bits per heavy atom. The summed E-state index contributed by atoms with van der Waals surface area (Å²) in [7, 11) is 1.75. The zero-order chi connectivity index (χ0) is 12.4. The summed E-state index contributed by atoms with van der Waals surface area (Å²) in [5.74, 6) is -0.0380. The molecule has 0 spiro atoms. The second-order valence-corrected chi connectivity index (χ2v) is 4.37. The number of pyridine rings is 1. The smallest absolute Gasteiger partial charge is 0.223 e. The molecule has 1 aromatic heterocycles. The van der Waals surface area contributed by atoms with Gasteiger partial charge in [-0.2, -0.15) is 0 Å². The summed E-state index contributed by atoms with van der Waals surface area (Å²) in [6.45, 7) is 1.84. The van der Waals surface area contributed by atoms with E-state index in [9.17, 15) is 9.59 Å². The van der Waals surface area contributed by atoms with Crippen molar-refractivity contribution in [1.29, 1.82) is 0 Å². The molecule has 2 heterocycles. The molecular weight excluding hydrogens is 216 g/mol. The first-order valence-electron chi connectivity index (χ1n) is 5.83. The molecule has 0 N–H and O–H groups in total. The van der Waals surface area contributed by atoms with Crippen LogP contribution in [0.1, 0.15) is 31.4 Å². The van der Waals surface area contributed by atoms with Crippen LogP contribution in [0, 0.1) is 5.92 Å². The quantitative estimate of drug-likeness (QED) is 0.795. The third-order valence-corrected chi connectivity index (χ3v) is 3.37. The molecule has 1 aromatic rings. The molecule has 0 aliphatic carbocycles. The normalized spacial score (nSPS) is 24.1. The van der Waals surface area contributed by atoms with Crippen LogP contribution in [0.4, 0.5) is 0 Å². The highest BCUT2D eigenvalue weighted by molar-refractivity contribution is 5.91. The van der Waals surface area contributed by atoms with Crippen LogP contribution in [0.3, 0.4) is 0 Å². The van der Waals surface area contributed by atoms with Gasteiger partial charge in [-0.1, -0.05) is 13.0 Å². The Hall–Kier alpha value is -1.71. The topological polar surface area (TPSA) is 50.3 Å². The molecule has 2 atom stereocenters. The van der Waals surface area contributed by atoms with Crippen molar-refractivity contribution in [3.8, 4) is 0 Å². The monoisotopic (exact) mass is 232 g/mol. The summed E-state index contributed by atoms with van der Waals surface area (Å²) in [6, 6.07) is 3.60. The Balaban J connectivity index is 2.34. The van der Waals surface area contributed by atoms with Crippen LogP contribution in [-0.2, 0) is 9.59 Å². The van der Waals surface area contributed by atoms with Crippen molar-refractivity contribution in [1.82, 2.24) is 9.88 Å². The molecule has 1 aliphatic rings. The van der Waals surface area contributed by atoms with Crippen molar-refractivity contribution in [2.24, 2.45) is 5.92 Å². The van der Waals surface area contributed by atoms with Gasteiger partial charge in [0, 0.05) is 32.3 Å². The number of hydrogen-bond acceptors (Lipinski definition) is 3. The van der Waals surface area contributed by atoms with Crippen LogP contribution < -0.4 is 0 Å². The molecule has 1 aliphatic heterocycles. The van der Waals surface area contributed by atoms with E-state index in [-0.39, 0.29) is 23.7 Å². The summed E-state index contributed by atoms with van der Waals surface area (Å²) < 4.78 is 0. The maximum absolute atomic E-state index is 11.9. The standard InChI is InChI=1S/C13H16N2O2/c1-3-11(16)10-7-12(17)15(2)13(10)9-5-4-6-14-8-9/h4-6,8,10,13H,3,7H2,1-2H3/t10-,13-/m1/s1. The number of Topliss-reactive ketones (excluding diaryl/α,β-unsaturated/α-hetero) is 1. The SMILES string of the molecule is CCC(=O)[C@H]1CC(=O)N(C)[C@@H]1c1cccnc1. The first-order valence-corrected chi connectivity index (χ1v) is 5.83. The van der Waals surface area contributed by atoms with Gasteiger partial charge in [0.2, 0.25) is 5.91 Å². The molecule has 4 nitrogen and oxygen atoms in total. The Kier molecular flexibility index (Phi) is 3.22. The number of aromatic nitrogens is 1. The molecule has 0 aromatic carbocycles. The number of amides is 1. The lowest BCUT2D eigenvalue weighted by Crippen LogP contribution is -2.26. The summed E-state index contributed by atoms with van der Waals surface area (Å²) in [5.41, 5.74) is 0.938. The Morgan fingerprint density at radius 2 is 2.35 bits per heavy atom. The highest BCUT2D eigenvalue weighted by atomic mass is 16.2. The van der Waals surface area contributed by atoms with E-state index in [0.29, 0.717) is 12.8 Å². The average Bonchev–Trinajstić information content (AvgIpc) is 2.66. The number of nitrogens with zero attached hydrogens (tertiary/aromatic N) is 2. The molecule has 90 valence electrons. The second-order valence-electron chi connectivity index (χ2n) is 4.37. The molecule has 4 heteroatoms. The highest BCUT2D eigenvalue weighted by Gasteiger charge is 2.41. The van der Waals surface area contributed by atoms with E-state index in [1.807, 2.05) is 19.1 Å². The van der Waals surface area contributed by atoms with Crippen LogP contribution in [0.25, 0.3) is 0 Å². The minimum absolute atomic E-state index is 0.0330. The van der Waals surface area contributed by atoms with E-state index in [4.69, 9.17) is 0 Å². The Bertz CT molecular complexity index is 430. The number of carbonyl (C=O) groups is 2. The molecular formula is C13H16N2O2. The lowest BCUT2D eigenvalue weighted by molar-refractivity contribution is -0.128. The molecule has 1 saturated heterocycles. The van der Waals surface area contributed by atoms with E-state index < -0.39 is 0 Å². The van der Waals surface area contributed by atoms with Crippen molar-refractivity contribution in [2.45, 2.75) is 25.8 Å². The van der Waals surface area contributed by atoms with Crippen molar-refractivity contribution in [3.63, 3.8) is 0 Å². The first-order chi connectivity index (χ1) is 8.15. The Morgan fingerprint density at radius 1 is 1.59 bits per heavy atom. The van der Waals surface area contributed by atoms with Crippen LogP contribution in [0.15, 0.2) is 24.5 Å². The van der Waals surface area contributed by atoms with Gasteiger partial charge >= 0.3 is 0 Å². The lowest BCUT2D eigenvalue weighted by Gasteiger charge is -2.24. The fourth-order valence-electron chi connectivity index (χ4n) is 2.43. The third kappa shape index (κ3) is 2.07. The van der Waals surface area contributed by atoms with Crippen molar-refractivity contribution < 1.29 is 9.59 Å². The lowest BCUT2D eigenvalue weighted by atomic mass is 9.90. The second kappa shape index (κ2) is 4.65. The maximum Gasteiger partial charge on any atom is 0.223 e. The Labute approximate surface area is 101 Å². The van der Waals surface area contributed by atoms with Gasteiger partial charge in [-0.15, -0.1) is 0 Å². The number of hydrogen-bond donors (Lipinski definition) is 0. The van der Waals surface area contributed by atoms with E-state index in [2.05, 4.69) is 4.98 Å². The average molecular weight is 232 g/mol. The van der Waals surface area contributed by atoms with E-state index in [1.165, 1.54) is 0 Å². The molecule has 1 fully saturated rings. The predicted molar refractivity (Wildman–Crippen MR) is 63.2 cm³/mol. The van der Waals surface area contributed by atoms with Gasteiger partial charge in [0.25, 0.3) is 0 Å². The number of ketones is 1. The molecule has 0 radical (unpaired) electrons. The number of carbonyl (C=O) groups excluding carboxylic acids is 2. The fraction of sp³-hybridized carbons (Fsp3) is 0.462. The van der Waals surface area contributed by atoms with E-state index >= 15 is 0 Å². The van der Waals surface area contributed by atoms with Gasteiger partial charge in [0.15, 0.2) is 0 Å². The van der Waals surface area contributed by atoms with Crippen LogP contribution in [0.2, 0.25) is 0 Å². The molecule has 17 heavy (non-hydrogen) atoms. The number of rotatable bonds is 3. The fourth-order valence-corrected chi connectivity index (χ4v) is 2.43. The van der Waals surface area contributed by atoms with E-state index in [1.54, 1.807) is 24.3 Å². The molecule has 2 rings (SSSR count). The summed E-state index contributed by atoms with van der Waals surface area (Å²) in [5, 5.41) is 0. The zero-order valence-corrected chi connectivity index (χ0v) is 10.1. The van der Waals surface area contributed by atoms with Gasteiger partial charge in [0.1, 0.15) is 5.78 Å². The molecule has 0 unspecified atom stereocenters. The van der Waals surface area contributed by atoms with Gasteiger partial charge in [-0.05, 0) is 11.6 Å². The van der Waals surface area contributed by atoms with Crippen molar-refractivity contribution in [3.05, 3.63) is 30.1 Å². The first kappa shape index (κ1) is 11.8. The van der Waals surface area contributed by atoms with Gasteiger partial charge in [-0.25, -0.2) is 0 Å². The predicted octanol–water partition coefficient (Wildman–Crippen LogP) is 1.58. The minimum atomic E-state index is -0.221. The van der Waals surface area contributed by atoms with Gasteiger partial charge in [-0.3, -0.25) is 14.6 Å². The largest absolute Gasteiger partial charge is 0.338 e. The van der Waals surface area contributed by atoms with Crippen LogP contribution in [0.5, 0.6) is 0 Å². The van der Waals surface area contributed by atoms with Gasteiger partial charge < -0.3 is 4.90 Å². The molecule has 0 saturated carbocycles. The molecule has 0 bridgehead atoms. The van der Waals surface area contributed by atoms with Gasteiger partial charge in [0.05, 0.1) is 12.0 Å². The van der Waals surface area contributed by atoms with Crippen molar-refractivity contribution >= 4 is 11.7 Å². The minimum Gasteiger partial charge on any atom is -0.338 e. The summed E-state index contributed by atoms with van der Waals surface area (Å²) >= 11 is 0. The van der Waals surface area contributed by atoms with Crippen molar-refractivity contribution in [2.75, 3.05) is 7.05 Å². The van der Waals surface area contributed by atoms with E-state index in [0.717, 1.165) is 5.56 Å². The maximum atomic E-state index is 11.9.